The minimum absolute atomic E-state index is 0.456. The zero-order valence-electron chi connectivity index (χ0n) is 8.81. The van der Waals surface area contributed by atoms with Crippen molar-refractivity contribution in [2.75, 3.05) is 13.6 Å². The molecule has 3 heteroatoms. The fourth-order valence-electron chi connectivity index (χ4n) is 2.34. The average Bonchev–Trinajstić information content (AvgIpc) is 2.82. The Labute approximate surface area is 88.7 Å². The molecule has 0 spiro atoms. The molecule has 1 aliphatic rings. The van der Waals surface area contributed by atoms with Crippen LogP contribution in [0.3, 0.4) is 0 Å². The van der Waals surface area contributed by atoms with Crippen LogP contribution in [0.25, 0.3) is 11.0 Å². The van der Waals surface area contributed by atoms with Crippen molar-refractivity contribution in [3.63, 3.8) is 0 Å². The SMILES string of the molecule is CN1CCC[C@H]1c1cc2ccncc2o1. The molecule has 3 rings (SSSR count). The summed E-state index contributed by atoms with van der Waals surface area (Å²) in [6.07, 6.45) is 6.05. The van der Waals surface area contributed by atoms with Crippen molar-refractivity contribution >= 4 is 11.0 Å². The molecule has 78 valence electrons. The molecule has 0 aliphatic carbocycles. The maximum Gasteiger partial charge on any atom is 0.152 e. The molecule has 0 aromatic carbocycles. The molecule has 0 unspecified atom stereocenters. The van der Waals surface area contributed by atoms with Gasteiger partial charge < -0.3 is 4.42 Å². The van der Waals surface area contributed by atoms with Crippen LogP contribution < -0.4 is 0 Å². The lowest BCUT2D eigenvalue weighted by Gasteiger charge is -2.16. The Balaban J connectivity index is 2.04. The Kier molecular flexibility index (Phi) is 1.99. The first-order valence-electron chi connectivity index (χ1n) is 5.38. The zero-order chi connectivity index (χ0) is 10.3. The van der Waals surface area contributed by atoms with Crippen molar-refractivity contribution in [1.29, 1.82) is 0 Å². The van der Waals surface area contributed by atoms with E-state index in [-0.39, 0.29) is 0 Å². The van der Waals surface area contributed by atoms with E-state index in [2.05, 4.69) is 23.0 Å². The van der Waals surface area contributed by atoms with Crippen molar-refractivity contribution in [3.05, 3.63) is 30.3 Å². The van der Waals surface area contributed by atoms with Gasteiger partial charge in [-0.1, -0.05) is 0 Å². The maximum absolute atomic E-state index is 5.82. The molecule has 0 amide bonds. The number of aromatic nitrogens is 1. The van der Waals surface area contributed by atoms with Crippen molar-refractivity contribution in [2.45, 2.75) is 18.9 Å². The first-order valence-corrected chi connectivity index (χ1v) is 5.38. The van der Waals surface area contributed by atoms with Gasteiger partial charge in [0.2, 0.25) is 0 Å². The second-order valence-electron chi connectivity index (χ2n) is 4.20. The largest absolute Gasteiger partial charge is 0.458 e. The third-order valence-corrected chi connectivity index (χ3v) is 3.19. The van der Waals surface area contributed by atoms with Gasteiger partial charge in [-0.15, -0.1) is 0 Å². The summed E-state index contributed by atoms with van der Waals surface area (Å²) in [4.78, 5) is 6.42. The van der Waals surface area contributed by atoms with Crippen LogP contribution in [0.15, 0.2) is 28.9 Å². The highest BCUT2D eigenvalue weighted by Gasteiger charge is 2.25. The third kappa shape index (κ3) is 1.43. The Hall–Kier alpha value is -1.35. The number of hydrogen-bond acceptors (Lipinski definition) is 3. The van der Waals surface area contributed by atoms with Crippen LogP contribution in [0.1, 0.15) is 24.6 Å². The van der Waals surface area contributed by atoms with E-state index in [1.54, 1.807) is 12.4 Å². The lowest BCUT2D eigenvalue weighted by atomic mass is 10.1. The molecule has 1 atom stereocenters. The minimum atomic E-state index is 0.456. The van der Waals surface area contributed by atoms with E-state index < -0.39 is 0 Å². The molecule has 0 N–H and O–H groups in total. The molecule has 2 aromatic heterocycles. The predicted molar refractivity (Wildman–Crippen MR) is 58.6 cm³/mol. The van der Waals surface area contributed by atoms with E-state index in [4.69, 9.17) is 4.42 Å². The summed E-state index contributed by atoms with van der Waals surface area (Å²) < 4.78 is 5.82. The number of fused-ring (bicyclic) bond motifs is 1. The highest BCUT2D eigenvalue weighted by atomic mass is 16.3. The molecule has 3 heterocycles. The van der Waals surface area contributed by atoms with E-state index in [1.165, 1.54) is 19.4 Å². The number of nitrogens with zero attached hydrogens (tertiary/aromatic N) is 2. The van der Waals surface area contributed by atoms with Gasteiger partial charge in [-0.2, -0.15) is 0 Å². The average molecular weight is 202 g/mol. The van der Waals surface area contributed by atoms with Gasteiger partial charge in [-0.05, 0) is 38.6 Å². The van der Waals surface area contributed by atoms with E-state index in [0.717, 1.165) is 16.7 Å². The molecule has 0 bridgehead atoms. The quantitative estimate of drug-likeness (QED) is 0.711. The van der Waals surface area contributed by atoms with Crippen LogP contribution in [0.2, 0.25) is 0 Å². The first kappa shape index (κ1) is 8.92. The molecule has 3 nitrogen and oxygen atoms in total. The Bertz CT molecular complexity index is 444. The number of hydrogen-bond donors (Lipinski definition) is 0. The van der Waals surface area contributed by atoms with Gasteiger partial charge in [-0.3, -0.25) is 9.88 Å². The summed E-state index contributed by atoms with van der Waals surface area (Å²) in [7, 11) is 2.16. The molecular formula is C12H14N2O. The van der Waals surface area contributed by atoms with Crippen LogP contribution in [0.4, 0.5) is 0 Å². The summed E-state index contributed by atoms with van der Waals surface area (Å²) in [6, 6.07) is 4.60. The fourth-order valence-corrected chi connectivity index (χ4v) is 2.34. The van der Waals surface area contributed by atoms with Gasteiger partial charge in [0.25, 0.3) is 0 Å². The molecular weight excluding hydrogens is 188 g/mol. The summed E-state index contributed by atoms with van der Waals surface area (Å²) >= 11 is 0. The number of likely N-dealkylation sites (tertiary alicyclic amines) is 1. The monoisotopic (exact) mass is 202 g/mol. The fraction of sp³-hybridized carbons (Fsp3) is 0.417. The van der Waals surface area contributed by atoms with Gasteiger partial charge in [-0.25, -0.2) is 0 Å². The zero-order valence-corrected chi connectivity index (χ0v) is 8.81. The van der Waals surface area contributed by atoms with Crippen LogP contribution >= 0.6 is 0 Å². The molecule has 1 aliphatic heterocycles. The van der Waals surface area contributed by atoms with Gasteiger partial charge in [0.15, 0.2) is 5.58 Å². The third-order valence-electron chi connectivity index (χ3n) is 3.19. The van der Waals surface area contributed by atoms with Crippen LogP contribution in [0, 0.1) is 0 Å². The topological polar surface area (TPSA) is 29.3 Å². The normalized spacial score (nSPS) is 22.6. The van der Waals surface area contributed by atoms with Crippen molar-refractivity contribution in [1.82, 2.24) is 9.88 Å². The summed E-state index contributed by atoms with van der Waals surface area (Å²) in [5.74, 6) is 1.08. The highest BCUT2D eigenvalue weighted by Crippen LogP contribution is 2.33. The maximum atomic E-state index is 5.82. The van der Waals surface area contributed by atoms with Gasteiger partial charge in [0.1, 0.15) is 5.76 Å². The van der Waals surface area contributed by atoms with Crippen molar-refractivity contribution < 1.29 is 4.42 Å². The van der Waals surface area contributed by atoms with E-state index in [1.807, 2.05) is 6.07 Å². The van der Waals surface area contributed by atoms with E-state index in [0.29, 0.717) is 6.04 Å². The van der Waals surface area contributed by atoms with Crippen molar-refractivity contribution in [3.8, 4) is 0 Å². The second kappa shape index (κ2) is 3.35. The Morgan fingerprint density at radius 2 is 2.47 bits per heavy atom. The Morgan fingerprint density at radius 3 is 3.20 bits per heavy atom. The smallest absolute Gasteiger partial charge is 0.152 e. The molecule has 1 fully saturated rings. The molecule has 1 saturated heterocycles. The molecule has 0 saturated carbocycles. The van der Waals surface area contributed by atoms with Crippen LogP contribution in [-0.4, -0.2) is 23.5 Å². The van der Waals surface area contributed by atoms with Gasteiger partial charge >= 0.3 is 0 Å². The minimum Gasteiger partial charge on any atom is -0.458 e. The van der Waals surface area contributed by atoms with E-state index in [9.17, 15) is 0 Å². The second-order valence-corrected chi connectivity index (χ2v) is 4.20. The molecule has 15 heavy (non-hydrogen) atoms. The summed E-state index contributed by atoms with van der Waals surface area (Å²) in [5, 5.41) is 1.15. The van der Waals surface area contributed by atoms with Gasteiger partial charge in [0.05, 0.1) is 12.2 Å². The predicted octanol–water partition coefficient (Wildman–Crippen LogP) is 2.59. The van der Waals surface area contributed by atoms with Crippen molar-refractivity contribution in [2.24, 2.45) is 0 Å². The number of rotatable bonds is 1. The Morgan fingerprint density at radius 1 is 1.53 bits per heavy atom. The molecule has 2 aromatic rings. The van der Waals surface area contributed by atoms with Crippen LogP contribution in [0.5, 0.6) is 0 Å². The standard InChI is InChI=1S/C12H14N2O/c1-14-6-2-3-10(14)11-7-9-4-5-13-8-12(9)15-11/h4-5,7-8,10H,2-3,6H2,1H3/t10-/m0/s1. The van der Waals surface area contributed by atoms with Crippen LogP contribution in [-0.2, 0) is 0 Å². The molecule has 0 radical (unpaired) electrons. The highest BCUT2D eigenvalue weighted by molar-refractivity contribution is 5.76. The summed E-state index contributed by atoms with van der Waals surface area (Å²) in [6.45, 7) is 1.17. The van der Waals surface area contributed by atoms with E-state index >= 15 is 0 Å². The number of pyridine rings is 1. The first-order chi connectivity index (χ1) is 7.34. The lowest BCUT2D eigenvalue weighted by molar-refractivity contribution is 0.281. The van der Waals surface area contributed by atoms with Gasteiger partial charge in [0, 0.05) is 11.6 Å². The lowest BCUT2D eigenvalue weighted by Crippen LogP contribution is -2.16. The number of furan rings is 1. The summed E-state index contributed by atoms with van der Waals surface area (Å²) in [5.41, 5.74) is 0.896.